The Morgan fingerprint density at radius 2 is 1.86 bits per heavy atom. The quantitative estimate of drug-likeness (QED) is 0.919. The van der Waals surface area contributed by atoms with Crippen LogP contribution < -0.4 is 14.8 Å². The van der Waals surface area contributed by atoms with E-state index in [1.807, 2.05) is 32.0 Å². The van der Waals surface area contributed by atoms with Crippen molar-refractivity contribution in [2.24, 2.45) is 0 Å². The van der Waals surface area contributed by atoms with E-state index in [1.165, 1.54) is 0 Å². The molecule has 0 spiro atoms. The summed E-state index contributed by atoms with van der Waals surface area (Å²) in [6.45, 7) is 5.55. The van der Waals surface area contributed by atoms with Crippen molar-refractivity contribution in [3.8, 4) is 11.5 Å². The Balaban J connectivity index is 2.19. The number of carbonyl (C=O) groups excluding carboxylic acids is 1. The lowest BCUT2D eigenvalue weighted by Gasteiger charge is -2.16. The highest BCUT2D eigenvalue weighted by molar-refractivity contribution is 5.96. The topological polar surface area (TPSA) is 60.7 Å². The number of carbonyl (C=O) groups is 1. The lowest BCUT2D eigenvalue weighted by Crippen LogP contribution is -2.27. The zero-order valence-corrected chi connectivity index (χ0v) is 13.5. The summed E-state index contributed by atoms with van der Waals surface area (Å²) in [5.41, 5.74) is 2.35. The lowest BCUT2D eigenvalue weighted by molar-refractivity contribution is 0.0938. The molecule has 1 amide bonds. The average molecular weight is 303 g/mol. The predicted octanol–water partition coefficient (Wildman–Crippen LogP) is 3.40. The molecule has 0 bridgehead atoms. The highest BCUT2D eigenvalue weighted by Gasteiger charge is 2.19. The maximum absolute atomic E-state index is 12.4. The Morgan fingerprint density at radius 3 is 2.41 bits per heavy atom. The monoisotopic (exact) mass is 303 g/mol. The Hall–Kier alpha value is -2.43. The van der Waals surface area contributed by atoms with Gasteiger partial charge in [-0.15, -0.1) is 0 Å². The molecule has 0 aliphatic heterocycles. The van der Waals surface area contributed by atoms with Gasteiger partial charge in [-0.3, -0.25) is 4.79 Å². The van der Waals surface area contributed by atoms with Crippen molar-refractivity contribution < 1.29 is 18.7 Å². The van der Waals surface area contributed by atoms with Crippen molar-refractivity contribution in [1.82, 2.24) is 5.32 Å². The van der Waals surface area contributed by atoms with Crippen LogP contribution in [0, 0.1) is 13.8 Å². The van der Waals surface area contributed by atoms with Crippen LogP contribution in [-0.4, -0.2) is 20.1 Å². The normalized spacial score (nSPS) is 11.9. The maximum Gasteiger partial charge on any atom is 0.255 e. The van der Waals surface area contributed by atoms with Gasteiger partial charge in [0.05, 0.1) is 32.1 Å². The highest BCUT2D eigenvalue weighted by Crippen LogP contribution is 2.30. The second-order valence-electron chi connectivity index (χ2n) is 5.16. The molecule has 118 valence electrons. The van der Waals surface area contributed by atoms with E-state index in [1.54, 1.807) is 27.4 Å². The summed E-state index contributed by atoms with van der Waals surface area (Å²) in [6.07, 6.45) is 1.59. The van der Waals surface area contributed by atoms with Crippen molar-refractivity contribution in [2.45, 2.75) is 26.8 Å². The van der Waals surface area contributed by atoms with E-state index in [4.69, 9.17) is 13.9 Å². The minimum atomic E-state index is -0.166. The number of hydrogen-bond acceptors (Lipinski definition) is 4. The van der Waals surface area contributed by atoms with Gasteiger partial charge in [0.25, 0.3) is 5.91 Å². The molecule has 1 heterocycles. The number of ether oxygens (including phenoxy) is 2. The fourth-order valence-electron chi connectivity index (χ4n) is 2.39. The standard InChI is InChI=1S/C17H21NO4/c1-10-9-22-12(3)16(10)17(19)18-11(2)13-6-7-14(20-4)15(8-13)21-5/h6-9,11H,1-5H3,(H,18,19). The van der Waals surface area contributed by atoms with Crippen molar-refractivity contribution in [3.63, 3.8) is 0 Å². The maximum atomic E-state index is 12.4. The van der Waals surface area contributed by atoms with E-state index in [0.29, 0.717) is 22.8 Å². The summed E-state index contributed by atoms with van der Waals surface area (Å²) in [4.78, 5) is 12.4. The van der Waals surface area contributed by atoms with Crippen molar-refractivity contribution in [2.75, 3.05) is 14.2 Å². The van der Waals surface area contributed by atoms with Crippen molar-refractivity contribution in [1.29, 1.82) is 0 Å². The summed E-state index contributed by atoms with van der Waals surface area (Å²) < 4.78 is 15.8. The fraction of sp³-hybridized carbons (Fsp3) is 0.353. The van der Waals surface area contributed by atoms with Crippen LogP contribution in [0.5, 0.6) is 11.5 Å². The molecule has 2 rings (SSSR count). The molecular weight excluding hydrogens is 282 g/mol. The van der Waals surface area contributed by atoms with Crippen molar-refractivity contribution >= 4 is 5.91 Å². The van der Waals surface area contributed by atoms with Gasteiger partial charge in [-0.05, 0) is 38.5 Å². The molecule has 1 aromatic carbocycles. The molecule has 5 nitrogen and oxygen atoms in total. The van der Waals surface area contributed by atoms with Gasteiger partial charge in [0.2, 0.25) is 0 Å². The number of rotatable bonds is 5. The first-order chi connectivity index (χ1) is 10.5. The number of hydrogen-bond donors (Lipinski definition) is 1. The van der Waals surface area contributed by atoms with Crippen LogP contribution in [0.2, 0.25) is 0 Å². The molecule has 0 fully saturated rings. The molecule has 0 saturated heterocycles. The first-order valence-corrected chi connectivity index (χ1v) is 7.05. The average Bonchev–Trinajstić information content (AvgIpc) is 2.85. The van der Waals surface area contributed by atoms with E-state index in [9.17, 15) is 4.79 Å². The molecule has 2 aromatic rings. The predicted molar refractivity (Wildman–Crippen MR) is 83.6 cm³/mol. The number of methoxy groups -OCH3 is 2. The van der Waals surface area contributed by atoms with E-state index < -0.39 is 0 Å². The zero-order chi connectivity index (χ0) is 16.3. The zero-order valence-electron chi connectivity index (χ0n) is 13.5. The van der Waals surface area contributed by atoms with Gasteiger partial charge in [-0.25, -0.2) is 0 Å². The molecule has 1 aromatic heterocycles. The minimum Gasteiger partial charge on any atom is -0.493 e. The van der Waals surface area contributed by atoms with Gasteiger partial charge in [-0.1, -0.05) is 6.07 Å². The van der Waals surface area contributed by atoms with Crippen molar-refractivity contribution in [3.05, 3.63) is 46.9 Å². The molecule has 0 saturated carbocycles. The van der Waals surface area contributed by atoms with Crippen LogP contribution >= 0.6 is 0 Å². The van der Waals surface area contributed by atoms with Gasteiger partial charge in [0.15, 0.2) is 11.5 Å². The smallest absolute Gasteiger partial charge is 0.255 e. The molecule has 5 heteroatoms. The van der Waals surface area contributed by atoms with E-state index in [2.05, 4.69) is 5.32 Å². The summed E-state index contributed by atoms with van der Waals surface area (Å²) in [7, 11) is 3.18. The summed E-state index contributed by atoms with van der Waals surface area (Å²) in [6, 6.07) is 5.42. The van der Waals surface area contributed by atoms with E-state index in [0.717, 1.165) is 11.1 Å². The molecule has 0 radical (unpaired) electrons. The molecular formula is C17H21NO4. The SMILES string of the molecule is COc1ccc(C(C)NC(=O)c2c(C)coc2C)cc1OC. The summed E-state index contributed by atoms with van der Waals surface area (Å²) in [5.74, 6) is 1.77. The Kier molecular flexibility index (Phi) is 4.75. The third-order valence-electron chi connectivity index (χ3n) is 3.64. The van der Waals surface area contributed by atoms with E-state index in [-0.39, 0.29) is 11.9 Å². The molecule has 0 aliphatic carbocycles. The third kappa shape index (κ3) is 3.08. The lowest BCUT2D eigenvalue weighted by atomic mass is 10.1. The van der Waals surface area contributed by atoms with Crippen LogP contribution in [0.25, 0.3) is 0 Å². The fourth-order valence-corrected chi connectivity index (χ4v) is 2.39. The van der Waals surface area contributed by atoms with E-state index >= 15 is 0 Å². The van der Waals surface area contributed by atoms with Crippen LogP contribution in [0.3, 0.4) is 0 Å². The van der Waals surface area contributed by atoms with Crippen LogP contribution in [-0.2, 0) is 0 Å². The second kappa shape index (κ2) is 6.56. The second-order valence-corrected chi connectivity index (χ2v) is 5.16. The number of aryl methyl sites for hydroxylation is 2. The molecule has 1 N–H and O–H groups in total. The van der Waals surface area contributed by atoms with Crippen LogP contribution in [0.4, 0.5) is 0 Å². The van der Waals surface area contributed by atoms with Gasteiger partial charge < -0.3 is 19.2 Å². The molecule has 0 aliphatic rings. The third-order valence-corrected chi connectivity index (χ3v) is 3.64. The Bertz CT molecular complexity index is 656. The first kappa shape index (κ1) is 15.9. The number of amides is 1. The number of furan rings is 1. The number of benzene rings is 1. The van der Waals surface area contributed by atoms with Gasteiger partial charge in [0, 0.05) is 5.56 Å². The Labute approximate surface area is 130 Å². The van der Waals surface area contributed by atoms with Gasteiger partial charge >= 0.3 is 0 Å². The van der Waals surface area contributed by atoms with Gasteiger partial charge in [0.1, 0.15) is 5.76 Å². The largest absolute Gasteiger partial charge is 0.493 e. The highest BCUT2D eigenvalue weighted by atomic mass is 16.5. The van der Waals surface area contributed by atoms with Crippen LogP contribution in [0.15, 0.2) is 28.9 Å². The first-order valence-electron chi connectivity index (χ1n) is 7.05. The molecule has 22 heavy (non-hydrogen) atoms. The summed E-state index contributed by atoms with van der Waals surface area (Å²) in [5, 5.41) is 2.97. The summed E-state index contributed by atoms with van der Waals surface area (Å²) >= 11 is 0. The van der Waals surface area contributed by atoms with Crippen LogP contribution in [0.1, 0.15) is 40.2 Å². The molecule has 1 unspecified atom stereocenters. The molecule has 1 atom stereocenters. The number of nitrogens with one attached hydrogen (secondary N) is 1. The Morgan fingerprint density at radius 1 is 1.18 bits per heavy atom. The minimum absolute atomic E-state index is 0.147. The van der Waals surface area contributed by atoms with Gasteiger partial charge in [-0.2, -0.15) is 0 Å².